The second kappa shape index (κ2) is 10.4. The van der Waals surface area contributed by atoms with Gasteiger partial charge in [0.25, 0.3) is 5.78 Å². The smallest absolute Gasteiger partial charge is 0.454 e. The van der Waals surface area contributed by atoms with Gasteiger partial charge in [0.1, 0.15) is 11.5 Å². The molecule has 0 spiro atoms. The number of anilines is 2. The number of hydrogen-bond acceptors (Lipinski definition) is 6. The highest BCUT2D eigenvalue weighted by Gasteiger charge is 2.40. The van der Waals surface area contributed by atoms with E-state index in [-0.39, 0.29) is 11.2 Å². The van der Waals surface area contributed by atoms with Crippen molar-refractivity contribution in [3.05, 3.63) is 47.5 Å². The zero-order valence-electron chi connectivity index (χ0n) is 21.1. The van der Waals surface area contributed by atoms with E-state index in [0.29, 0.717) is 11.5 Å². The number of nitrogens with zero attached hydrogens (tertiary/aromatic N) is 2. The number of Topliss-reactive ketones (excluding diaryl/α,β-unsaturated/α-hetero) is 1. The van der Waals surface area contributed by atoms with E-state index < -0.39 is 23.6 Å². The summed E-state index contributed by atoms with van der Waals surface area (Å²) in [5.74, 6) is -0.755. The highest BCUT2D eigenvalue weighted by Crippen LogP contribution is 2.34. The Bertz CT molecular complexity index is 1020. The number of ketones is 1. The summed E-state index contributed by atoms with van der Waals surface area (Å²) in [4.78, 5) is 16.7. The Morgan fingerprint density at radius 1 is 0.943 bits per heavy atom. The van der Waals surface area contributed by atoms with E-state index in [9.17, 15) is 18.0 Å². The van der Waals surface area contributed by atoms with Crippen LogP contribution in [0.5, 0.6) is 11.5 Å². The van der Waals surface area contributed by atoms with Gasteiger partial charge in [-0.05, 0) is 63.6 Å². The minimum atomic E-state index is -4.97. The summed E-state index contributed by atoms with van der Waals surface area (Å²) in [6.07, 6.45) is -4.97. The van der Waals surface area contributed by atoms with Crippen LogP contribution in [0.15, 0.2) is 36.4 Å². The van der Waals surface area contributed by atoms with Crippen molar-refractivity contribution >= 4 is 17.2 Å². The average molecular weight is 494 g/mol. The fourth-order valence-electron chi connectivity index (χ4n) is 4.23. The van der Waals surface area contributed by atoms with Gasteiger partial charge in [-0.3, -0.25) is 9.69 Å². The number of carbonyl (C=O) groups excluding carboxylic acids is 1. The molecule has 1 aliphatic heterocycles. The van der Waals surface area contributed by atoms with Gasteiger partial charge in [-0.1, -0.05) is 0 Å². The number of alkyl halides is 3. The van der Waals surface area contributed by atoms with Crippen molar-refractivity contribution < 1.29 is 27.4 Å². The highest BCUT2D eigenvalue weighted by atomic mass is 19.4. The molecular formula is C26H34F3N3O3. The van der Waals surface area contributed by atoms with Crippen LogP contribution in [0, 0.1) is 0 Å². The summed E-state index contributed by atoms with van der Waals surface area (Å²) in [5.41, 5.74) is 1.30. The summed E-state index contributed by atoms with van der Waals surface area (Å²) in [6, 6.07) is 9.35. The Balaban J connectivity index is 1.93. The highest BCUT2D eigenvalue weighted by molar-refractivity contribution is 6.05. The monoisotopic (exact) mass is 493 g/mol. The number of benzene rings is 2. The van der Waals surface area contributed by atoms with Crippen LogP contribution in [0.25, 0.3) is 0 Å². The van der Waals surface area contributed by atoms with Crippen LogP contribution in [-0.2, 0) is 0 Å². The normalized spacial score (nSPS) is 16.1. The summed E-state index contributed by atoms with van der Waals surface area (Å²) in [5, 5.41) is 3.13. The topological polar surface area (TPSA) is 54.0 Å². The number of halogens is 3. The van der Waals surface area contributed by atoms with E-state index in [4.69, 9.17) is 9.47 Å². The second-order valence-electron chi connectivity index (χ2n) is 9.71. The van der Waals surface area contributed by atoms with Crippen LogP contribution in [0.3, 0.4) is 0 Å². The van der Waals surface area contributed by atoms with Crippen LogP contribution in [0.2, 0.25) is 0 Å². The largest absolute Gasteiger partial charge is 0.497 e. The lowest BCUT2D eigenvalue weighted by molar-refractivity contribution is -0.0884. The molecule has 1 atom stereocenters. The van der Waals surface area contributed by atoms with Gasteiger partial charge in [-0.15, -0.1) is 0 Å². The number of nitrogens with one attached hydrogen (secondary N) is 1. The van der Waals surface area contributed by atoms with Crippen molar-refractivity contribution in [3.63, 3.8) is 0 Å². The van der Waals surface area contributed by atoms with Gasteiger partial charge in [-0.2, -0.15) is 13.2 Å². The van der Waals surface area contributed by atoms with Crippen molar-refractivity contribution in [1.82, 2.24) is 4.90 Å². The quantitative estimate of drug-likeness (QED) is 0.511. The van der Waals surface area contributed by atoms with Gasteiger partial charge < -0.3 is 19.7 Å². The molecule has 0 bridgehead atoms. The zero-order valence-corrected chi connectivity index (χ0v) is 21.1. The third kappa shape index (κ3) is 6.39. The third-order valence-corrected chi connectivity index (χ3v) is 6.34. The van der Waals surface area contributed by atoms with Crippen molar-refractivity contribution in [1.29, 1.82) is 0 Å². The predicted octanol–water partition coefficient (Wildman–Crippen LogP) is 5.54. The van der Waals surface area contributed by atoms with Gasteiger partial charge in [0, 0.05) is 55.2 Å². The van der Waals surface area contributed by atoms with Gasteiger partial charge in [0.15, 0.2) is 0 Å². The van der Waals surface area contributed by atoms with Crippen molar-refractivity contribution in [2.75, 3.05) is 50.6 Å². The van der Waals surface area contributed by atoms with Crippen molar-refractivity contribution in [3.8, 4) is 11.5 Å². The summed E-state index contributed by atoms with van der Waals surface area (Å²) in [7, 11) is 3.05. The van der Waals surface area contributed by atoms with E-state index in [2.05, 4.69) is 35.9 Å². The molecule has 0 aliphatic carbocycles. The van der Waals surface area contributed by atoms with Gasteiger partial charge >= 0.3 is 6.18 Å². The molecule has 0 radical (unpaired) electrons. The molecular weight excluding hydrogens is 459 g/mol. The molecule has 1 fully saturated rings. The molecule has 0 saturated carbocycles. The fraction of sp³-hybridized carbons (Fsp3) is 0.500. The SMILES string of the molecule is COc1cc(OC)cc(C(C)Nc2cc(N3CCN(C(C)(C)C)CC3)ccc2C(=O)C(F)(F)F)c1. The summed E-state index contributed by atoms with van der Waals surface area (Å²) in [6.45, 7) is 11.5. The number of ether oxygens (including phenoxy) is 2. The minimum absolute atomic E-state index is 0.0506. The molecule has 1 heterocycles. The van der Waals surface area contributed by atoms with E-state index >= 15 is 0 Å². The first kappa shape index (κ1) is 26.7. The van der Waals surface area contributed by atoms with E-state index in [1.54, 1.807) is 30.3 Å². The molecule has 0 amide bonds. The Morgan fingerprint density at radius 2 is 1.51 bits per heavy atom. The fourth-order valence-corrected chi connectivity index (χ4v) is 4.23. The molecule has 1 saturated heterocycles. The first-order valence-corrected chi connectivity index (χ1v) is 11.6. The summed E-state index contributed by atoms with van der Waals surface area (Å²) >= 11 is 0. The number of hydrogen-bond donors (Lipinski definition) is 1. The Hall–Kier alpha value is -2.94. The van der Waals surface area contributed by atoms with E-state index in [1.807, 2.05) is 6.92 Å². The zero-order chi connectivity index (χ0) is 26.0. The maximum absolute atomic E-state index is 13.4. The summed E-state index contributed by atoms with van der Waals surface area (Å²) < 4.78 is 50.7. The lowest BCUT2D eigenvalue weighted by atomic mass is 10.0. The standard InChI is InChI=1S/C26H34F3N3O3/c1-17(18-13-20(34-5)16-21(14-18)35-6)30-23-15-19(7-8-22(23)24(33)26(27,28)29)31-9-11-32(12-10-31)25(2,3)4/h7-8,13-17,30H,9-12H2,1-6H3. The van der Waals surface area contributed by atoms with Gasteiger partial charge in [0.2, 0.25) is 0 Å². The van der Waals surface area contributed by atoms with E-state index in [1.165, 1.54) is 20.3 Å². The molecule has 0 aromatic heterocycles. The molecule has 1 unspecified atom stereocenters. The van der Waals surface area contributed by atoms with Crippen LogP contribution >= 0.6 is 0 Å². The Kier molecular flexibility index (Phi) is 7.89. The Morgan fingerprint density at radius 3 is 2.00 bits per heavy atom. The van der Waals surface area contributed by atoms with Crippen molar-refractivity contribution in [2.45, 2.75) is 45.5 Å². The maximum atomic E-state index is 13.4. The van der Waals surface area contributed by atoms with Crippen LogP contribution in [0.1, 0.15) is 49.7 Å². The molecule has 192 valence electrons. The average Bonchev–Trinajstić information content (AvgIpc) is 2.82. The molecule has 2 aromatic rings. The molecule has 1 N–H and O–H groups in total. The van der Waals surface area contributed by atoms with Gasteiger partial charge in [0.05, 0.1) is 19.8 Å². The number of carbonyl (C=O) groups is 1. The van der Waals surface area contributed by atoms with Crippen LogP contribution in [0.4, 0.5) is 24.5 Å². The van der Waals surface area contributed by atoms with Crippen molar-refractivity contribution in [2.24, 2.45) is 0 Å². The molecule has 3 rings (SSSR count). The van der Waals surface area contributed by atoms with Crippen LogP contribution in [-0.4, -0.2) is 62.8 Å². The first-order chi connectivity index (χ1) is 16.3. The third-order valence-electron chi connectivity index (χ3n) is 6.34. The minimum Gasteiger partial charge on any atom is -0.497 e. The lowest BCUT2D eigenvalue weighted by Gasteiger charge is -2.43. The molecule has 6 nitrogen and oxygen atoms in total. The molecule has 35 heavy (non-hydrogen) atoms. The maximum Gasteiger partial charge on any atom is 0.454 e. The Labute approximate surface area is 205 Å². The number of methoxy groups -OCH3 is 2. The lowest BCUT2D eigenvalue weighted by Crippen LogP contribution is -2.53. The number of rotatable bonds is 7. The molecule has 9 heteroatoms. The molecule has 2 aromatic carbocycles. The van der Waals surface area contributed by atoms with Crippen LogP contribution < -0.4 is 19.7 Å². The van der Waals surface area contributed by atoms with E-state index in [0.717, 1.165) is 37.4 Å². The predicted molar refractivity (Wildman–Crippen MR) is 132 cm³/mol. The number of piperazine rings is 1. The first-order valence-electron chi connectivity index (χ1n) is 11.6. The second-order valence-corrected chi connectivity index (χ2v) is 9.71. The van der Waals surface area contributed by atoms with Gasteiger partial charge in [-0.25, -0.2) is 0 Å². The molecule has 1 aliphatic rings.